The molecule has 0 amide bonds. The molecule has 2 N–H and O–H groups in total. The van der Waals surface area contributed by atoms with Crippen LogP contribution in [0.2, 0.25) is 0 Å². The minimum atomic E-state index is 0.231. The highest BCUT2D eigenvalue weighted by atomic mass is 14.6. The normalized spacial score (nSPS) is 13.9. The Morgan fingerprint density at radius 1 is 1.20 bits per heavy atom. The van der Waals surface area contributed by atoms with Crippen LogP contribution in [-0.2, 0) is 11.8 Å². The van der Waals surface area contributed by atoms with Crippen LogP contribution >= 0.6 is 0 Å². The van der Waals surface area contributed by atoms with E-state index in [2.05, 4.69) is 52.0 Å². The average molecular weight is 205 g/mol. The van der Waals surface area contributed by atoms with Crippen LogP contribution in [-0.4, -0.2) is 6.04 Å². The quantitative estimate of drug-likeness (QED) is 0.805. The van der Waals surface area contributed by atoms with Crippen molar-refractivity contribution in [1.29, 1.82) is 0 Å². The van der Waals surface area contributed by atoms with Gasteiger partial charge in [-0.05, 0) is 36.3 Å². The summed E-state index contributed by atoms with van der Waals surface area (Å²) in [6.07, 6.45) is 2.15. The van der Waals surface area contributed by atoms with E-state index in [1.54, 1.807) is 0 Å². The van der Waals surface area contributed by atoms with Gasteiger partial charge in [-0.15, -0.1) is 0 Å². The van der Waals surface area contributed by atoms with Crippen LogP contribution in [0.5, 0.6) is 0 Å². The minimum absolute atomic E-state index is 0.231. The summed E-state index contributed by atoms with van der Waals surface area (Å²) in [5, 5.41) is 0. The standard InChI is InChI=1S/C14H23N/c1-11(15)9-10-12-7-5-6-8-13(12)14(2,3)4/h5-8,11H,9-10,15H2,1-4H3. The Labute approximate surface area is 93.7 Å². The van der Waals surface area contributed by atoms with E-state index in [4.69, 9.17) is 5.73 Å². The molecule has 0 aliphatic heterocycles. The molecule has 1 rings (SSSR count). The Bertz CT molecular complexity index is 307. The van der Waals surface area contributed by atoms with Gasteiger partial charge >= 0.3 is 0 Å². The van der Waals surface area contributed by atoms with Crippen molar-refractivity contribution in [2.75, 3.05) is 0 Å². The van der Waals surface area contributed by atoms with Crippen molar-refractivity contribution in [2.24, 2.45) is 5.73 Å². The lowest BCUT2D eigenvalue weighted by Crippen LogP contribution is -2.18. The maximum absolute atomic E-state index is 5.80. The minimum Gasteiger partial charge on any atom is -0.328 e. The molecule has 1 atom stereocenters. The van der Waals surface area contributed by atoms with E-state index in [-0.39, 0.29) is 11.5 Å². The molecule has 15 heavy (non-hydrogen) atoms. The highest BCUT2D eigenvalue weighted by molar-refractivity contribution is 5.32. The zero-order valence-corrected chi connectivity index (χ0v) is 10.4. The highest BCUT2D eigenvalue weighted by Crippen LogP contribution is 2.26. The van der Waals surface area contributed by atoms with Gasteiger partial charge in [0.1, 0.15) is 0 Å². The van der Waals surface area contributed by atoms with Crippen molar-refractivity contribution < 1.29 is 0 Å². The summed E-state index contributed by atoms with van der Waals surface area (Å²) in [6, 6.07) is 8.99. The molecule has 84 valence electrons. The van der Waals surface area contributed by atoms with Crippen molar-refractivity contribution in [3.8, 4) is 0 Å². The molecule has 0 spiro atoms. The van der Waals surface area contributed by atoms with E-state index in [1.165, 1.54) is 11.1 Å². The van der Waals surface area contributed by atoms with Crippen LogP contribution in [0, 0.1) is 0 Å². The van der Waals surface area contributed by atoms with E-state index in [0.717, 1.165) is 12.8 Å². The number of rotatable bonds is 3. The van der Waals surface area contributed by atoms with E-state index < -0.39 is 0 Å². The van der Waals surface area contributed by atoms with Gasteiger partial charge in [-0.25, -0.2) is 0 Å². The van der Waals surface area contributed by atoms with Gasteiger partial charge in [0.05, 0.1) is 0 Å². The van der Waals surface area contributed by atoms with Crippen molar-refractivity contribution in [2.45, 2.75) is 52.0 Å². The first-order valence-electron chi connectivity index (χ1n) is 5.75. The maximum atomic E-state index is 5.80. The monoisotopic (exact) mass is 205 g/mol. The molecule has 0 saturated heterocycles. The van der Waals surface area contributed by atoms with Gasteiger partial charge in [0.25, 0.3) is 0 Å². The lowest BCUT2D eigenvalue weighted by molar-refractivity contribution is 0.574. The molecule has 1 aromatic carbocycles. The van der Waals surface area contributed by atoms with Crippen LogP contribution in [0.25, 0.3) is 0 Å². The van der Waals surface area contributed by atoms with E-state index in [1.807, 2.05) is 0 Å². The summed E-state index contributed by atoms with van der Waals surface area (Å²) in [7, 11) is 0. The number of aryl methyl sites for hydroxylation is 1. The molecule has 0 aliphatic rings. The topological polar surface area (TPSA) is 26.0 Å². The van der Waals surface area contributed by atoms with Gasteiger partial charge in [-0.1, -0.05) is 45.0 Å². The zero-order chi connectivity index (χ0) is 11.5. The van der Waals surface area contributed by atoms with Gasteiger partial charge in [-0.2, -0.15) is 0 Å². The molecule has 0 radical (unpaired) electrons. The average Bonchev–Trinajstić information content (AvgIpc) is 2.13. The molecule has 0 aromatic heterocycles. The molecule has 0 fully saturated rings. The van der Waals surface area contributed by atoms with E-state index >= 15 is 0 Å². The van der Waals surface area contributed by atoms with E-state index in [0.29, 0.717) is 0 Å². The fourth-order valence-corrected chi connectivity index (χ4v) is 1.85. The molecule has 0 saturated carbocycles. The SMILES string of the molecule is CC(N)CCc1ccccc1C(C)(C)C. The Morgan fingerprint density at radius 2 is 1.80 bits per heavy atom. The summed E-state index contributed by atoms with van der Waals surface area (Å²) >= 11 is 0. The maximum Gasteiger partial charge on any atom is 0.00136 e. The van der Waals surface area contributed by atoms with Gasteiger partial charge < -0.3 is 5.73 Å². The first-order valence-corrected chi connectivity index (χ1v) is 5.75. The summed E-state index contributed by atoms with van der Waals surface area (Å²) in [5.74, 6) is 0. The predicted molar refractivity (Wildman–Crippen MR) is 67.1 cm³/mol. The molecule has 1 nitrogen and oxygen atoms in total. The van der Waals surface area contributed by atoms with Crippen LogP contribution in [0.1, 0.15) is 45.2 Å². The molecule has 0 heterocycles. The molecule has 0 aliphatic carbocycles. The smallest absolute Gasteiger partial charge is 0.00136 e. The summed E-state index contributed by atoms with van der Waals surface area (Å²) in [5.41, 5.74) is 8.93. The van der Waals surface area contributed by atoms with Crippen molar-refractivity contribution in [1.82, 2.24) is 0 Å². The van der Waals surface area contributed by atoms with Crippen molar-refractivity contribution >= 4 is 0 Å². The van der Waals surface area contributed by atoms with Gasteiger partial charge in [-0.3, -0.25) is 0 Å². The molecular formula is C14H23N. The molecule has 1 unspecified atom stereocenters. The summed E-state index contributed by atoms with van der Waals surface area (Å²) < 4.78 is 0. The Hall–Kier alpha value is -0.820. The second-order valence-electron chi connectivity index (χ2n) is 5.42. The van der Waals surface area contributed by atoms with Crippen LogP contribution in [0.4, 0.5) is 0 Å². The number of hydrogen-bond donors (Lipinski definition) is 1. The third-order valence-corrected chi connectivity index (χ3v) is 2.69. The second kappa shape index (κ2) is 4.80. The largest absolute Gasteiger partial charge is 0.328 e. The summed E-state index contributed by atoms with van der Waals surface area (Å²) in [4.78, 5) is 0. The predicted octanol–water partition coefficient (Wildman–Crippen LogP) is 3.26. The van der Waals surface area contributed by atoms with Gasteiger partial charge in [0.15, 0.2) is 0 Å². The number of hydrogen-bond acceptors (Lipinski definition) is 1. The molecule has 1 aromatic rings. The first kappa shape index (κ1) is 12.3. The molecule has 1 heteroatoms. The number of benzene rings is 1. The van der Waals surface area contributed by atoms with E-state index in [9.17, 15) is 0 Å². The fraction of sp³-hybridized carbons (Fsp3) is 0.571. The third kappa shape index (κ3) is 3.67. The third-order valence-electron chi connectivity index (χ3n) is 2.69. The highest BCUT2D eigenvalue weighted by Gasteiger charge is 2.16. The van der Waals surface area contributed by atoms with Crippen LogP contribution in [0.3, 0.4) is 0 Å². The van der Waals surface area contributed by atoms with Crippen molar-refractivity contribution in [3.05, 3.63) is 35.4 Å². The Morgan fingerprint density at radius 3 is 2.33 bits per heavy atom. The number of nitrogens with two attached hydrogens (primary N) is 1. The molecular weight excluding hydrogens is 182 g/mol. The van der Waals surface area contributed by atoms with Crippen molar-refractivity contribution in [3.63, 3.8) is 0 Å². The van der Waals surface area contributed by atoms with Crippen LogP contribution in [0.15, 0.2) is 24.3 Å². The van der Waals surface area contributed by atoms with Gasteiger partial charge in [0, 0.05) is 6.04 Å². The lowest BCUT2D eigenvalue weighted by atomic mass is 9.82. The Balaban J connectivity index is 2.87. The van der Waals surface area contributed by atoms with Crippen LogP contribution < -0.4 is 5.73 Å². The zero-order valence-electron chi connectivity index (χ0n) is 10.4. The lowest BCUT2D eigenvalue weighted by Gasteiger charge is -2.23. The summed E-state index contributed by atoms with van der Waals surface area (Å²) in [6.45, 7) is 8.85. The fourth-order valence-electron chi connectivity index (χ4n) is 1.85. The van der Waals surface area contributed by atoms with Gasteiger partial charge in [0.2, 0.25) is 0 Å². The second-order valence-corrected chi connectivity index (χ2v) is 5.42. The first-order chi connectivity index (χ1) is 6.91. The Kier molecular flexibility index (Phi) is 3.92. The molecule has 0 bridgehead atoms.